The first kappa shape index (κ1) is 28.0. The van der Waals surface area contributed by atoms with Crippen LogP contribution in [0, 0.1) is 26.7 Å². The largest absolute Gasteiger partial charge is 0.478 e. The van der Waals surface area contributed by atoms with Crippen molar-refractivity contribution in [2.45, 2.75) is 46.7 Å². The lowest BCUT2D eigenvalue weighted by Gasteiger charge is -2.29. The number of amides is 1. The molecule has 1 fully saturated rings. The van der Waals surface area contributed by atoms with Crippen LogP contribution in [0.3, 0.4) is 0 Å². The molecule has 1 aliphatic rings. The summed E-state index contributed by atoms with van der Waals surface area (Å²) in [7, 11) is 0. The van der Waals surface area contributed by atoms with Crippen molar-refractivity contribution in [3.63, 3.8) is 0 Å². The summed E-state index contributed by atoms with van der Waals surface area (Å²) in [4.78, 5) is 30.5. The third-order valence-electron chi connectivity index (χ3n) is 7.53. The highest BCUT2D eigenvalue weighted by atomic mass is 32.1. The molecule has 8 nitrogen and oxygen atoms in total. The minimum atomic E-state index is -0.956. The first-order valence-corrected chi connectivity index (χ1v) is 13.9. The van der Waals surface area contributed by atoms with Gasteiger partial charge in [0.1, 0.15) is 0 Å². The zero-order chi connectivity index (χ0) is 29.4. The van der Waals surface area contributed by atoms with E-state index in [0.717, 1.165) is 45.3 Å². The van der Waals surface area contributed by atoms with Crippen LogP contribution < -0.4 is 15.5 Å². The number of carbonyl (C=O) groups excluding carboxylic acids is 1. The van der Waals surface area contributed by atoms with E-state index in [1.54, 1.807) is 18.3 Å². The van der Waals surface area contributed by atoms with Gasteiger partial charge < -0.3 is 25.2 Å². The molecule has 1 saturated heterocycles. The minimum absolute atomic E-state index is 0.0314. The Bertz CT molecular complexity index is 1630. The number of rotatable bonds is 7. The molecule has 210 valence electrons. The van der Waals surface area contributed by atoms with E-state index in [-0.39, 0.29) is 29.5 Å². The Labute approximate surface area is 245 Å². The Morgan fingerprint density at radius 2 is 1.71 bits per heavy atom. The topological polar surface area (TPSA) is 99.5 Å². The number of aryl methyl sites for hydroxylation is 2. The van der Waals surface area contributed by atoms with Gasteiger partial charge in [-0.1, -0.05) is 19.9 Å². The molecular weight excluding hydrogens is 534 g/mol. The summed E-state index contributed by atoms with van der Waals surface area (Å²) in [6.07, 6.45) is 1.78. The normalized spacial score (nSPS) is 16.6. The molecule has 0 radical (unpaired) electrons. The summed E-state index contributed by atoms with van der Waals surface area (Å²) in [5, 5.41) is 16.5. The van der Waals surface area contributed by atoms with Gasteiger partial charge in [-0.3, -0.25) is 9.78 Å². The van der Waals surface area contributed by atoms with Crippen molar-refractivity contribution in [2.75, 3.05) is 10.2 Å². The van der Waals surface area contributed by atoms with Gasteiger partial charge in [0, 0.05) is 40.6 Å². The second-order valence-corrected chi connectivity index (χ2v) is 11.0. The van der Waals surface area contributed by atoms with Gasteiger partial charge in [-0.15, -0.1) is 0 Å². The fourth-order valence-corrected chi connectivity index (χ4v) is 5.75. The van der Waals surface area contributed by atoms with Crippen molar-refractivity contribution < 1.29 is 14.7 Å². The Morgan fingerprint density at radius 3 is 2.32 bits per heavy atom. The van der Waals surface area contributed by atoms with Crippen LogP contribution in [0.5, 0.6) is 0 Å². The zero-order valence-electron chi connectivity index (χ0n) is 23.7. The number of hydrogen-bond donors (Lipinski definition) is 3. The predicted molar refractivity (Wildman–Crippen MR) is 165 cm³/mol. The molecule has 3 N–H and O–H groups in total. The van der Waals surface area contributed by atoms with E-state index >= 15 is 0 Å². The molecule has 2 aromatic carbocycles. The monoisotopic (exact) mass is 567 g/mol. The molecule has 4 aromatic rings. The molecular formula is C32H33N5O3S. The molecule has 0 bridgehead atoms. The smallest absolute Gasteiger partial charge is 0.335 e. The maximum Gasteiger partial charge on any atom is 0.335 e. The zero-order valence-corrected chi connectivity index (χ0v) is 24.5. The lowest BCUT2D eigenvalue weighted by molar-refractivity contribution is -0.118. The second-order valence-electron chi connectivity index (χ2n) is 10.7. The number of thiocarbonyl (C=S) groups is 1. The number of anilines is 2. The molecule has 0 unspecified atom stereocenters. The first-order valence-electron chi connectivity index (χ1n) is 13.5. The number of hydrogen-bond acceptors (Lipinski definition) is 4. The second kappa shape index (κ2) is 11.2. The number of aromatic carboxylic acids is 1. The van der Waals surface area contributed by atoms with E-state index < -0.39 is 5.97 Å². The Hall–Kier alpha value is -4.50. The number of nitrogens with one attached hydrogen (secondary N) is 2. The number of pyridine rings is 1. The minimum Gasteiger partial charge on any atom is -0.478 e. The van der Waals surface area contributed by atoms with Gasteiger partial charge in [0.15, 0.2) is 5.11 Å². The summed E-state index contributed by atoms with van der Waals surface area (Å²) < 4.78 is 2.13. The van der Waals surface area contributed by atoms with Gasteiger partial charge in [0.05, 0.1) is 23.3 Å². The van der Waals surface area contributed by atoms with Crippen LogP contribution in [0.2, 0.25) is 0 Å². The highest BCUT2D eigenvalue weighted by molar-refractivity contribution is 7.80. The molecule has 3 heterocycles. The molecule has 1 amide bonds. The van der Waals surface area contributed by atoms with Crippen molar-refractivity contribution in [3.05, 3.63) is 107 Å². The lowest BCUT2D eigenvalue weighted by Crippen LogP contribution is -2.29. The van der Waals surface area contributed by atoms with Gasteiger partial charge in [-0.05, 0) is 105 Å². The van der Waals surface area contributed by atoms with Crippen LogP contribution in [0.4, 0.5) is 11.4 Å². The number of aromatic nitrogens is 2. The van der Waals surface area contributed by atoms with Crippen LogP contribution in [0.1, 0.15) is 64.5 Å². The van der Waals surface area contributed by atoms with Crippen molar-refractivity contribution in [2.24, 2.45) is 5.92 Å². The highest BCUT2D eigenvalue weighted by Crippen LogP contribution is 2.44. The summed E-state index contributed by atoms with van der Waals surface area (Å²) in [5.74, 6) is -1.11. The lowest BCUT2D eigenvalue weighted by atomic mass is 9.96. The van der Waals surface area contributed by atoms with Crippen LogP contribution in [0.15, 0.2) is 72.9 Å². The maximum atomic E-state index is 12.3. The van der Waals surface area contributed by atoms with Gasteiger partial charge in [-0.2, -0.15) is 0 Å². The summed E-state index contributed by atoms with van der Waals surface area (Å²) in [5.41, 5.74) is 7.71. The van der Waals surface area contributed by atoms with Crippen molar-refractivity contribution in [1.29, 1.82) is 0 Å². The van der Waals surface area contributed by atoms with Gasteiger partial charge in [-0.25, -0.2) is 4.79 Å². The standard InChI is InChI=1S/C32H33N5O3S/c1-18(2)30(38)34-26-14-13-24(16-19(26)3)37-29(28(35-32(37)41)27-8-6-7-15-33-27)25-17-20(4)36(21(25)5)23-11-9-22(10-12-23)31(39)40/h6-18,28-29H,1-5H3,(H,34,38)(H,35,41)(H,39,40)/t28-,29-/m0/s1. The van der Waals surface area contributed by atoms with E-state index in [2.05, 4.69) is 38.1 Å². The molecule has 2 aromatic heterocycles. The molecule has 1 aliphatic heterocycles. The maximum absolute atomic E-state index is 12.3. The summed E-state index contributed by atoms with van der Waals surface area (Å²) >= 11 is 5.93. The SMILES string of the molecule is Cc1cc(N2C(=S)N[C@@H](c3ccccn3)[C@@H]2c2cc(C)n(-c3ccc(C(=O)O)cc3)c2C)ccc1NC(=O)C(C)C. The summed E-state index contributed by atoms with van der Waals surface area (Å²) in [6, 6.07) is 20.4. The molecule has 41 heavy (non-hydrogen) atoms. The molecule has 5 rings (SSSR count). The van der Waals surface area contributed by atoms with E-state index in [1.807, 2.05) is 76.2 Å². The van der Waals surface area contributed by atoms with E-state index in [0.29, 0.717) is 5.11 Å². The average molecular weight is 568 g/mol. The van der Waals surface area contributed by atoms with Crippen LogP contribution in [-0.2, 0) is 4.79 Å². The van der Waals surface area contributed by atoms with Crippen molar-refractivity contribution in [1.82, 2.24) is 14.9 Å². The highest BCUT2D eigenvalue weighted by Gasteiger charge is 2.42. The number of carboxylic acid groups (broad SMARTS) is 1. The van der Waals surface area contributed by atoms with E-state index in [9.17, 15) is 14.7 Å². The quantitative estimate of drug-likeness (QED) is 0.227. The van der Waals surface area contributed by atoms with E-state index in [1.165, 1.54) is 0 Å². The molecule has 2 atom stereocenters. The molecule has 0 spiro atoms. The summed E-state index contributed by atoms with van der Waals surface area (Å²) in [6.45, 7) is 9.82. The number of nitrogens with zero attached hydrogens (tertiary/aromatic N) is 3. The Kier molecular flexibility index (Phi) is 7.64. The van der Waals surface area contributed by atoms with Crippen LogP contribution in [0.25, 0.3) is 5.69 Å². The van der Waals surface area contributed by atoms with Crippen molar-refractivity contribution in [3.8, 4) is 5.69 Å². The van der Waals surface area contributed by atoms with E-state index in [4.69, 9.17) is 12.2 Å². The third kappa shape index (κ3) is 5.32. The number of benzene rings is 2. The predicted octanol–water partition coefficient (Wildman–Crippen LogP) is 6.27. The average Bonchev–Trinajstić information content (AvgIpc) is 3.44. The van der Waals surface area contributed by atoms with Crippen LogP contribution >= 0.6 is 12.2 Å². The Morgan fingerprint density at radius 1 is 1.00 bits per heavy atom. The third-order valence-corrected chi connectivity index (χ3v) is 7.84. The molecule has 0 aliphatic carbocycles. The first-order chi connectivity index (χ1) is 19.6. The Balaban J connectivity index is 1.60. The molecule has 9 heteroatoms. The molecule has 0 saturated carbocycles. The number of carbonyl (C=O) groups is 2. The van der Waals surface area contributed by atoms with Crippen molar-refractivity contribution >= 4 is 40.6 Å². The van der Waals surface area contributed by atoms with Gasteiger partial charge in [0.2, 0.25) is 5.91 Å². The van der Waals surface area contributed by atoms with Crippen LogP contribution in [-0.4, -0.2) is 31.6 Å². The van der Waals surface area contributed by atoms with Gasteiger partial charge in [0.25, 0.3) is 0 Å². The fourth-order valence-electron chi connectivity index (χ4n) is 5.40. The fraction of sp³-hybridized carbons (Fsp3) is 0.250. The number of carboxylic acids is 1. The van der Waals surface area contributed by atoms with Gasteiger partial charge >= 0.3 is 5.97 Å².